The molecule has 0 saturated carbocycles. The molecule has 3 aliphatic carbocycles. The number of aromatic hydroxyl groups is 1. The third-order valence-corrected chi connectivity index (χ3v) is 8.11. The van der Waals surface area contributed by atoms with Gasteiger partial charge in [0.05, 0.1) is 17.3 Å². The molecule has 6 N–H and O–H groups in total. The minimum atomic E-state index is -2.66. The van der Waals surface area contributed by atoms with E-state index < -0.39 is 58.0 Å². The van der Waals surface area contributed by atoms with Gasteiger partial charge in [0.15, 0.2) is 11.4 Å². The summed E-state index contributed by atoms with van der Waals surface area (Å²) in [6.45, 7) is 2.01. The number of carbonyl (C=O) groups is 3. The van der Waals surface area contributed by atoms with E-state index in [-0.39, 0.29) is 29.7 Å². The number of hydrogen-bond acceptors (Lipinski definition) is 9. The molecule has 0 radical (unpaired) electrons. The average Bonchev–Trinajstić information content (AvgIpc) is 2.86. The number of fused-ring (bicyclic) bond motifs is 3. The topological polar surface area (TPSA) is 174 Å². The Morgan fingerprint density at radius 2 is 1.89 bits per heavy atom. The highest BCUT2D eigenvalue weighted by molar-refractivity contribution is 6.24. The summed E-state index contributed by atoms with van der Waals surface area (Å²) < 4.78 is 0. The number of carbonyl (C=O) groups excluding carboxylic acids is 3. The molecule has 198 valence electrons. The second kappa shape index (κ2) is 8.78. The largest absolute Gasteiger partial charge is 0.510 e. The van der Waals surface area contributed by atoms with Gasteiger partial charge in [-0.2, -0.15) is 0 Å². The van der Waals surface area contributed by atoms with Crippen molar-refractivity contribution in [1.29, 1.82) is 0 Å². The molecule has 1 amide bonds. The first-order valence-corrected chi connectivity index (χ1v) is 12.4. The third-order valence-electron chi connectivity index (χ3n) is 8.11. The second-order valence-corrected chi connectivity index (χ2v) is 10.4. The van der Waals surface area contributed by atoms with Crippen LogP contribution in [-0.2, 0) is 22.4 Å². The fraction of sp³-hybridized carbons (Fsp3) is 0.357. The number of phenols is 1. The van der Waals surface area contributed by atoms with Crippen molar-refractivity contribution >= 4 is 17.5 Å². The third kappa shape index (κ3) is 3.40. The summed E-state index contributed by atoms with van der Waals surface area (Å²) in [5.41, 5.74) is 4.52. The fourth-order valence-corrected chi connectivity index (χ4v) is 6.33. The van der Waals surface area contributed by atoms with E-state index in [4.69, 9.17) is 5.73 Å². The number of nitrogens with two attached hydrogens (primary N) is 1. The summed E-state index contributed by atoms with van der Waals surface area (Å²) >= 11 is 0. The molecule has 0 saturated heterocycles. The van der Waals surface area contributed by atoms with Crippen LogP contribution in [0.3, 0.4) is 0 Å². The van der Waals surface area contributed by atoms with E-state index in [1.54, 1.807) is 26.4 Å². The van der Waals surface area contributed by atoms with Crippen LogP contribution >= 0.6 is 0 Å². The monoisotopic (exact) mass is 519 g/mol. The summed E-state index contributed by atoms with van der Waals surface area (Å²) in [6.07, 6.45) is 2.69. The molecule has 5 rings (SSSR count). The first kappa shape index (κ1) is 25.6. The normalized spacial score (nSPS) is 26.8. The minimum Gasteiger partial charge on any atom is -0.510 e. The Labute approximate surface area is 218 Å². The number of nitrogens with zero attached hydrogens (tertiary/aromatic N) is 2. The highest BCUT2D eigenvalue weighted by atomic mass is 16.3. The summed E-state index contributed by atoms with van der Waals surface area (Å²) in [7, 11) is 3.19. The summed E-state index contributed by atoms with van der Waals surface area (Å²) in [4.78, 5) is 45.3. The first-order valence-electron chi connectivity index (χ1n) is 12.4. The smallest absolute Gasteiger partial charge is 0.255 e. The van der Waals surface area contributed by atoms with E-state index in [1.165, 1.54) is 11.0 Å². The van der Waals surface area contributed by atoms with Crippen LogP contribution < -0.4 is 5.73 Å². The van der Waals surface area contributed by atoms with Gasteiger partial charge in [0, 0.05) is 23.3 Å². The Bertz CT molecular complexity index is 1470. The van der Waals surface area contributed by atoms with Gasteiger partial charge < -0.3 is 26.2 Å². The van der Waals surface area contributed by atoms with Gasteiger partial charge in [0.1, 0.15) is 22.8 Å². The summed E-state index contributed by atoms with van der Waals surface area (Å²) in [5, 5.41) is 44.6. The number of Topliss-reactive ketones (excluding diaryl/α,β-unsaturated/α-hetero) is 2. The Kier molecular flexibility index (Phi) is 5.92. The van der Waals surface area contributed by atoms with Crippen LogP contribution in [0.5, 0.6) is 5.75 Å². The fourth-order valence-electron chi connectivity index (χ4n) is 6.33. The lowest BCUT2D eigenvalue weighted by Gasteiger charge is -2.50. The molecule has 1 heterocycles. The number of benzene rings is 1. The average molecular weight is 520 g/mol. The zero-order valence-electron chi connectivity index (χ0n) is 21.2. The molecule has 0 fully saturated rings. The number of phenolic OH excluding ortho intramolecular Hbond substituents is 1. The van der Waals surface area contributed by atoms with Crippen molar-refractivity contribution in [2.24, 2.45) is 17.6 Å². The van der Waals surface area contributed by atoms with Crippen LogP contribution in [-0.4, -0.2) is 73.5 Å². The van der Waals surface area contributed by atoms with Crippen LogP contribution in [0.25, 0.3) is 11.3 Å². The lowest BCUT2D eigenvalue weighted by Crippen LogP contribution is -2.63. The maximum atomic E-state index is 13.8. The standard InChI is InChI=1S/C28H29N3O7/c1-4-12-7-8-30-17(9-12)14-5-6-18(32)20-15(14)10-13-11-16-22(31(2)3)24(34)21(27(29)37)26(36)28(16,38)25(35)19(13)23(20)33/h5-9,13,16,22,32,34-35,38H,4,10-11H2,1-3H3,(H2,29,37). The maximum absolute atomic E-state index is 13.8. The molecule has 10 nitrogen and oxygen atoms in total. The van der Waals surface area contributed by atoms with Crippen molar-refractivity contribution in [3.63, 3.8) is 0 Å². The van der Waals surface area contributed by atoms with Crippen LogP contribution in [0.2, 0.25) is 0 Å². The number of allylic oxidation sites excluding steroid dienone is 1. The van der Waals surface area contributed by atoms with E-state index in [0.29, 0.717) is 16.8 Å². The lowest BCUT2D eigenvalue weighted by atomic mass is 9.58. The molecular formula is C28H29N3O7. The van der Waals surface area contributed by atoms with E-state index in [1.807, 2.05) is 19.1 Å². The summed E-state index contributed by atoms with van der Waals surface area (Å²) in [5.74, 6) is -6.73. The SMILES string of the molecule is CCc1ccnc(-c2ccc(O)c3c2CC2CC4C(N(C)C)C(O)=C(C(N)=O)C(=O)C4(O)C(O)=C2C3=O)c1. The zero-order valence-corrected chi connectivity index (χ0v) is 21.2. The molecule has 3 aliphatic rings. The number of rotatable bonds is 4. The Morgan fingerprint density at radius 3 is 2.53 bits per heavy atom. The first-order chi connectivity index (χ1) is 17.9. The molecule has 4 atom stereocenters. The number of ketones is 2. The van der Waals surface area contributed by atoms with Gasteiger partial charge in [-0.25, -0.2) is 0 Å². The molecule has 4 unspecified atom stereocenters. The van der Waals surface area contributed by atoms with Crippen molar-refractivity contribution in [2.75, 3.05) is 14.1 Å². The number of aryl methyl sites for hydroxylation is 1. The minimum absolute atomic E-state index is 0.0310. The predicted octanol–water partition coefficient (Wildman–Crippen LogP) is 1.75. The van der Waals surface area contributed by atoms with Gasteiger partial charge in [-0.1, -0.05) is 6.92 Å². The predicted molar refractivity (Wildman–Crippen MR) is 136 cm³/mol. The molecule has 1 aromatic heterocycles. The molecule has 10 heteroatoms. The Hall–Kier alpha value is -4.02. The van der Waals surface area contributed by atoms with Crippen molar-refractivity contribution in [1.82, 2.24) is 9.88 Å². The van der Waals surface area contributed by atoms with Crippen LogP contribution in [0, 0.1) is 11.8 Å². The van der Waals surface area contributed by atoms with Gasteiger partial charge >= 0.3 is 0 Å². The number of hydrogen-bond donors (Lipinski definition) is 5. The number of aliphatic hydroxyl groups excluding tert-OH is 2. The Morgan fingerprint density at radius 1 is 1.18 bits per heavy atom. The van der Waals surface area contributed by atoms with E-state index >= 15 is 0 Å². The maximum Gasteiger partial charge on any atom is 0.255 e. The van der Waals surface area contributed by atoms with E-state index in [2.05, 4.69) is 4.98 Å². The molecule has 38 heavy (non-hydrogen) atoms. The number of pyridine rings is 1. The highest BCUT2D eigenvalue weighted by Crippen LogP contribution is 2.53. The molecule has 0 bridgehead atoms. The van der Waals surface area contributed by atoms with Crippen LogP contribution in [0.1, 0.15) is 34.8 Å². The lowest BCUT2D eigenvalue weighted by molar-refractivity contribution is -0.148. The van der Waals surface area contributed by atoms with Crippen molar-refractivity contribution in [3.05, 3.63) is 69.8 Å². The number of primary amides is 1. The zero-order chi connectivity index (χ0) is 27.7. The van der Waals surface area contributed by atoms with Gasteiger partial charge in [0.25, 0.3) is 5.91 Å². The van der Waals surface area contributed by atoms with Crippen molar-refractivity contribution in [3.8, 4) is 17.0 Å². The van der Waals surface area contributed by atoms with Gasteiger partial charge in [-0.15, -0.1) is 0 Å². The highest BCUT2D eigenvalue weighted by Gasteiger charge is 2.63. The van der Waals surface area contributed by atoms with Gasteiger partial charge in [-0.3, -0.25) is 24.3 Å². The van der Waals surface area contributed by atoms with E-state index in [0.717, 1.165) is 12.0 Å². The molecule has 2 aromatic rings. The number of aliphatic hydroxyl groups is 3. The van der Waals surface area contributed by atoms with E-state index in [9.17, 15) is 34.8 Å². The molecule has 0 aliphatic heterocycles. The quantitative estimate of drug-likeness (QED) is 0.377. The second-order valence-electron chi connectivity index (χ2n) is 10.4. The molecular weight excluding hydrogens is 490 g/mol. The molecule has 1 aromatic carbocycles. The van der Waals surface area contributed by atoms with Crippen molar-refractivity contribution < 1.29 is 34.8 Å². The number of amides is 1. The van der Waals surface area contributed by atoms with Gasteiger partial charge in [0.2, 0.25) is 5.78 Å². The van der Waals surface area contributed by atoms with Gasteiger partial charge in [-0.05, 0) is 74.7 Å². The Balaban J connectivity index is 1.72. The van der Waals surface area contributed by atoms with Crippen LogP contribution in [0.4, 0.5) is 0 Å². The van der Waals surface area contributed by atoms with Crippen molar-refractivity contribution in [2.45, 2.75) is 37.8 Å². The summed E-state index contributed by atoms with van der Waals surface area (Å²) in [6, 6.07) is 5.84. The number of likely N-dealkylation sites (N-methyl/N-ethyl adjacent to an activating group) is 1. The van der Waals surface area contributed by atoms with Crippen LogP contribution in [0.15, 0.2) is 53.1 Å². The number of aromatic nitrogens is 1. The molecule has 0 spiro atoms.